The molecular weight excluding hydrogens is 437 g/mol. The maximum atomic E-state index is 13.8. The first kappa shape index (κ1) is 25.4. The zero-order valence-corrected chi connectivity index (χ0v) is 19.5. The van der Waals surface area contributed by atoms with E-state index in [2.05, 4.69) is 5.92 Å². The van der Waals surface area contributed by atoms with E-state index >= 15 is 0 Å². The molecule has 0 aliphatic rings. The molecule has 0 fully saturated rings. The molecule has 1 N–H and O–H groups in total. The molecule has 7 nitrogen and oxygen atoms in total. The van der Waals surface area contributed by atoms with Crippen LogP contribution in [0.25, 0.3) is 5.69 Å². The predicted molar refractivity (Wildman–Crippen MR) is 128 cm³/mol. The molecule has 1 atom stereocenters. The summed E-state index contributed by atoms with van der Waals surface area (Å²) in [5, 5.41) is 15.1. The molecule has 1 aromatic heterocycles. The van der Waals surface area contributed by atoms with Crippen LogP contribution in [0.1, 0.15) is 11.3 Å². The Morgan fingerprint density at radius 2 is 2.00 bits per heavy atom. The van der Waals surface area contributed by atoms with Crippen LogP contribution in [0.15, 0.2) is 54.6 Å². The molecule has 1 unspecified atom stereocenters. The van der Waals surface area contributed by atoms with E-state index in [1.165, 1.54) is 12.1 Å². The van der Waals surface area contributed by atoms with Crippen LogP contribution in [-0.2, 0) is 16.0 Å². The van der Waals surface area contributed by atoms with Crippen LogP contribution in [-0.4, -0.2) is 65.9 Å². The van der Waals surface area contributed by atoms with Crippen LogP contribution in [0.2, 0.25) is 0 Å². The predicted octanol–water partition coefficient (Wildman–Crippen LogP) is 3.57. The Labute approximate surface area is 199 Å². The number of halogens is 1. The lowest BCUT2D eigenvalue weighted by Gasteiger charge is -2.25. The first-order valence-corrected chi connectivity index (χ1v) is 11.0. The summed E-state index contributed by atoms with van der Waals surface area (Å²) < 4.78 is 32.3. The lowest BCUT2D eigenvalue weighted by atomic mass is 10.2. The molecule has 0 aliphatic heterocycles. The molecular formula is C26H30FN3O4. The second-order valence-corrected chi connectivity index (χ2v) is 7.78. The number of rotatable bonds is 13. The van der Waals surface area contributed by atoms with Crippen molar-refractivity contribution in [1.82, 2.24) is 14.7 Å². The molecule has 0 aliphatic carbocycles. The molecule has 0 amide bonds. The van der Waals surface area contributed by atoms with Gasteiger partial charge in [0.25, 0.3) is 0 Å². The molecule has 0 saturated carbocycles. The number of nitrogens with zero attached hydrogens (tertiary/aromatic N) is 3. The van der Waals surface area contributed by atoms with Crippen LogP contribution in [0.5, 0.6) is 11.6 Å². The summed E-state index contributed by atoms with van der Waals surface area (Å²) in [5.74, 6) is 2.85. The minimum absolute atomic E-state index is 0.128. The zero-order valence-electron chi connectivity index (χ0n) is 19.5. The van der Waals surface area contributed by atoms with Gasteiger partial charge in [-0.25, -0.2) is 9.07 Å². The van der Waals surface area contributed by atoms with Crippen molar-refractivity contribution in [3.05, 3.63) is 71.7 Å². The van der Waals surface area contributed by atoms with Gasteiger partial charge in [-0.3, -0.25) is 4.90 Å². The summed E-state index contributed by atoms with van der Waals surface area (Å²) in [5.41, 5.74) is 2.39. The highest BCUT2D eigenvalue weighted by atomic mass is 19.1. The van der Waals surface area contributed by atoms with Crippen molar-refractivity contribution in [2.24, 2.45) is 0 Å². The Hall–Kier alpha value is -3.22. The van der Waals surface area contributed by atoms with Crippen molar-refractivity contribution >= 4 is 0 Å². The number of aliphatic hydroxyl groups is 1. The van der Waals surface area contributed by atoms with Crippen molar-refractivity contribution in [1.29, 1.82) is 0 Å². The molecule has 1 heterocycles. The second-order valence-electron chi connectivity index (χ2n) is 7.78. The number of aryl methyl sites for hydroxylation is 1. The first-order valence-electron chi connectivity index (χ1n) is 11.0. The van der Waals surface area contributed by atoms with E-state index < -0.39 is 11.9 Å². The van der Waals surface area contributed by atoms with Gasteiger partial charge >= 0.3 is 0 Å². The number of methoxy groups -OCH3 is 1. The number of benzene rings is 2. The highest BCUT2D eigenvalue weighted by molar-refractivity contribution is 5.43. The maximum Gasteiger partial charge on any atom is 0.227 e. The molecule has 34 heavy (non-hydrogen) atoms. The molecule has 8 heteroatoms. The van der Waals surface area contributed by atoms with Crippen LogP contribution in [0.4, 0.5) is 4.39 Å². The first-order chi connectivity index (χ1) is 16.5. The van der Waals surface area contributed by atoms with Gasteiger partial charge in [0.1, 0.15) is 18.2 Å². The van der Waals surface area contributed by atoms with Gasteiger partial charge in [-0.1, -0.05) is 30.2 Å². The van der Waals surface area contributed by atoms with Crippen molar-refractivity contribution in [2.45, 2.75) is 19.6 Å². The lowest BCUT2D eigenvalue weighted by molar-refractivity contribution is 0.0206. The Kier molecular flexibility index (Phi) is 9.62. The van der Waals surface area contributed by atoms with Gasteiger partial charge in [0.15, 0.2) is 0 Å². The Morgan fingerprint density at radius 1 is 1.21 bits per heavy atom. The third-order valence-electron chi connectivity index (χ3n) is 5.11. The summed E-state index contributed by atoms with van der Waals surface area (Å²) in [4.78, 5) is 2.03. The molecule has 180 valence electrons. The fourth-order valence-electron chi connectivity index (χ4n) is 3.50. The minimum atomic E-state index is -0.734. The molecule has 0 radical (unpaired) electrons. The fraction of sp³-hybridized carbons (Fsp3) is 0.346. The van der Waals surface area contributed by atoms with Gasteiger partial charge in [0, 0.05) is 32.8 Å². The lowest BCUT2D eigenvalue weighted by Crippen LogP contribution is -2.36. The van der Waals surface area contributed by atoms with Crippen molar-refractivity contribution in [3.8, 4) is 29.7 Å². The molecule has 3 rings (SSSR count). The topological polar surface area (TPSA) is 69.0 Å². The quantitative estimate of drug-likeness (QED) is 0.306. The fourth-order valence-corrected chi connectivity index (χ4v) is 3.50. The van der Waals surface area contributed by atoms with Gasteiger partial charge in [-0.05, 0) is 31.2 Å². The van der Waals surface area contributed by atoms with Crippen LogP contribution >= 0.6 is 0 Å². The van der Waals surface area contributed by atoms with Crippen LogP contribution < -0.4 is 4.74 Å². The average molecular weight is 468 g/mol. The van der Waals surface area contributed by atoms with Crippen LogP contribution in [0, 0.1) is 25.1 Å². The van der Waals surface area contributed by atoms with Gasteiger partial charge in [0.2, 0.25) is 5.88 Å². The van der Waals surface area contributed by atoms with E-state index in [4.69, 9.17) is 25.7 Å². The number of para-hydroxylation sites is 1. The van der Waals surface area contributed by atoms with Crippen molar-refractivity contribution < 1.29 is 23.7 Å². The molecule has 2 aromatic carbocycles. The number of terminal acetylenes is 1. The van der Waals surface area contributed by atoms with E-state index in [1.807, 2.05) is 42.2 Å². The smallest absolute Gasteiger partial charge is 0.227 e. The second kappa shape index (κ2) is 12.9. The van der Waals surface area contributed by atoms with E-state index in [0.717, 1.165) is 16.9 Å². The molecule has 0 bridgehead atoms. The van der Waals surface area contributed by atoms with E-state index in [9.17, 15) is 9.50 Å². The van der Waals surface area contributed by atoms with Crippen molar-refractivity contribution in [3.63, 3.8) is 0 Å². The van der Waals surface area contributed by atoms with Crippen molar-refractivity contribution in [2.75, 3.05) is 40.0 Å². The number of ether oxygens (including phenoxy) is 3. The maximum absolute atomic E-state index is 13.8. The summed E-state index contributed by atoms with van der Waals surface area (Å²) >= 11 is 0. The third-order valence-corrected chi connectivity index (χ3v) is 5.11. The molecule has 0 saturated heterocycles. The summed E-state index contributed by atoms with van der Waals surface area (Å²) in [6.07, 6.45) is 4.48. The Morgan fingerprint density at radius 3 is 2.71 bits per heavy atom. The molecule has 3 aromatic rings. The normalized spacial score (nSPS) is 12.0. The summed E-state index contributed by atoms with van der Waals surface area (Å²) in [6, 6.07) is 15.6. The minimum Gasteiger partial charge on any atom is -0.438 e. The van der Waals surface area contributed by atoms with E-state index in [-0.39, 0.29) is 13.2 Å². The zero-order chi connectivity index (χ0) is 24.3. The van der Waals surface area contributed by atoms with E-state index in [0.29, 0.717) is 37.9 Å². The number of aliphatic hydroxyl groups excluding tert-OH is 1. The number of hydrogen-bond donors (Lipinski definition) is 1. The standard InChI is InChI=1S/C26H30FN3O4/c1-4-14-33-19-23(31)17-29(13-15-32-3)18-25-20(2)28-30(22-10-6-5-7-11-22)26(25)34-24-12-8-9-21(27)16-24/h1,5-12,16,23,31H,13-15,17-19H2,2-3H3. The van der Waals surface area contributed by atoms with E-state index in [1.54, 1.807) is 23.9 Å². The largest absolute Gasteiger partial charge is 0.438 e. The monoisotopic (exact) mass is 467 g/mol. The highest BCUT2D eigenvalue weighted by Crippen LogP contribution is 2.32. The number of aromatic nitrogens is 2. The average Bonchev–Trinajstić information content (AvgIpc) is 3.13. The summed E-state index contributed by atoms with van der Waals surface area (Å²) in [6.45, 7) is 3.98. The third kappa shape index (κ3) is 7.14. The van der Waals surface area contributed by atoms with Crippen LogP contribution in [0.3, 0.4) is 0 Å². The number of hydrogen-bond acceptors (Lipinski definition) is 6. The highest BCUT2D eigenvalue weighted by Gasteiger charge is 2.22. The SMILES string of the molecule is C#CCOCC(O)CN(CCOC)Cc1c(C)nn(-c2ccccc2)c1Oc1cccc(F)c1. The Bertz CT molecular complexity index is 1080. The molecule has 0 spiro atoms. The Balaban J connectivity index is 1.92. The van der Waals surface area contributed by atoms with Gasteiger partial charge in [0.05, 0.1) is 36.3 Å². The summed E-state index contributed by atoms with van der Waals surface area (Å²) in [7, 11) is 1.63. The van der Waals surface area contributed by atoms with Gasteiger partial charge < -0.3 is 19.3 Å². The van der Waals surface area contributed by atoms with Gasteiger partial charge in [-0.15, -0.1) is 6.42 Å². The van der Waals surface area contributed by atoms with Gasteiger partial charge in [-0.2, -0.15) is 5.10 Å².